The monoisotopic (exact) mass is 314 g/mol. The third-order valence-electron chi connectivity index (χ3n) is 3.69. The highest BCUT2D eigenvalue weighted by atomic mass is 32.2. The van der Waals surface area contributed by atoms with Gasteiger partial charge in [0.25, 0.3) is 0 Å². The molecule has 1 aromatic heterocycles. The van der Waals surface area contributed by atoms with Gasteiger partial charge >= 0.3 is 5.69 Å². The first-order valence-electron chi connectivity index (χ1n) is 7.17. The number of nitro groups is 1. The fourth-order valence-electron chi connectivity index (χ4n) is 2.61. The minimum absolute atomic E-state index is 0.0394. The molecule has 118 valence electrons. The van der Waals surface area contributed by atoms with Gasteiger partial charge in [0.05, 0.1) is 17.6 Å². The number of thioether (sulfide) groups is 1. The first kappa shape index (κ1) is 16.3. The van der Waals surface area contributed by atoms with Crippen LogP contribution >= 0.6 is 11.8 Å². The number of aliphatic hydroxyl groups excluding tert-OH is 1. The Morgan fingerprint density at radius 2 is 2.38 bits per heavy atom. The molecule has 2 rings (SSSR count). The maximum Gasteiger partial charge on any atom is 0.312 e. The number of rotatable bonds is 7. The fraction of sp³-hybridized carbons (Fsp3) is 0.769. The zero-order valence-corrected chi connectivity index (χ0v) is 13.2. The van der Waals surface area contributed by atoms with Crippen molar-refractivity contribution in [3.05, 3.63) is 21.5 Å². The van der Waals surface area contributed by atoms with Crippen molar-refractivity contribution in [2.45, 2.75) is 44.6 Å². The summed E-state index contributed by atoms with van der Waals surface area (Å²) in [7, 11) is 0. The maximum absolute atomic E-state index is 10.9. The Hall–Kier alpha value is -1.12. The highest BCUT2D eigenvalue weighted by molar-refractivity contribution is 8.00. The van der Waals surface area contributed by atoms with E-state index in [1.165, 1.54) is 23.3 Å². The number of nitrogens with one attached hydrogen (secondary N) is 1. The molecule has 2 atom stereocenters. The molecule has 0 spiro atoms. The Morgan fingerprint density at radius 3 is 2.95 bits per heavy atom. The predicted molar refractivity (Wildman–Crippen MR) is 82.7 cm³/mol. The van der Waals surface area contributed by atoms with Crippen molar-refractivity contribution < 1.29 is 10.0 Å². The van der Waals surface area contributed by atoms with Gasteiger partial charge in [-0.05, 0) is 32.4 Å². The number of aromatic nitrogens is 2. The first-order valence-corrected chi connectivity index (χ1v) is 8.22. The van der Waals surface area contributed by atoms with Gasteiger partial charge < -0.3 is 10.4 Å². The quantitative estimate of drug-likeness (QED) is 0.581. The van der Waals surface area contributed by atoms with Crippen molar-refractivity contribution in [2.24, 2.45) is 0 Å². The molecule has 2 unspecified atom stereocenters. The maximum atomic E-state index is 10.9. The molecule has 21 heavy (non-hydrogen) atoms. The van der Waals surface area contributed by atoms with E-state index in [9.17, 15) is 15.2 Å². The third kappa shape index (κ3) is 4.18. The van der Waals surface area contributed by atoms with E-state index >= 15 is 0 Å². The summed E-state index contributed by atoms with van der Waals surface area (Å²) in [4.78, 5) is 10.5. The Labute approximate surface area is 128 Å². The molecule has 0 amide bonds. The standard InChI is InChI=1S/C13H22N4O3S/c1-9-13(17(19)20)10(2)16(15-9)8-11(18)6-14-7-12-4-3-5-21-12/h11-12,14,18H,3-8H2,1-2H3. The normalized spacial score (nSPS) is 19.9. The molecule has 7 nitrogen and oxygen atoms in total. The Balaban J connectivity index is 1.83. The lowest BCUT2D eigenvalue weighted by Crippen LogP contribution is -2.34. The van der Waals surface area contributed by atoms with Crippen LogP contribution in [0.3, 0.4) is 0 Å². The van der Waals surface area contributed by atoms with Crippen LogP contribution in [0.25, 0.3) is 0 Å². The second-order valence-corrected chi connectivity index (χ2v) is 6.81. The SMILES string of the molecule is Cc1nn(CC(O)CNCC2CCCS2)c(C)c1[N+](=O)[O-]. The molecule has 2 heterocycles. The topological polar surface area (TPSA) is 93.2 Å². The minimum Gasteiger partial charge on any atom is -0.390 e. The number of hydrogen-bond acceptors (Lipinski definition) is 6. The van der Waals surface area contributed by atoms with Gasteiger partial charge in [0.2, 0.25) is 0 Å². The van der Waals surface area contributed by atoms with E-state index < -0.39 is 11.0 Å². The van der Waals surface area contributed by atoms with Crippen LogP contribution in [0.1, 0.15) is 24.2 Å². The van der Waals surface area contributed by atoms with Crippen LogP contribution in [0.2, 0.25) is 0 Å². The highest BCUT2D eigenvalue weighted by Gasteiger charge is 2.23. The smallest absolute Gasteiger partial charge is 0.312 e. The summed E-state index contributed by atoms with van der Waals surface area (Å²) in [6, 6.07) is 0. The van der Waals surface area contributed by atoms with E-state index in [0.717, 1.165) is 6.54 Å². The molecule has 0 aromatic carbocycles. The van der Waals surface area contributed by atoms with Gasteiger partial charge in [0.1, 0.15) is 11.4 Å². The van der Waals surface area contributed by atoms with Crippen molar-refractivity contribution in [1.29, 1.82) is 0 Å². The van der Waals surface area contributed by atoms with Crippen LogP contribution < -0.4 is 5.32 Å². The van der Waals surface area contributed by atoms with Crippen LogP contribution in [-0.4, -0.2) is 50.0 Å². The molecule has 1 aromatic rings. The van der Waals surface area contributed by atoms with Crippen molar-refractivity contribution >= 4 is 17.4 Å². The zero-order chi connectivity index (χ0) is 15.4. The second kappa shape index (κ2) is 7.24. The van der Waals surface area contributed by atoms with Crippen molar-refractivity contribution in [2.75, 3.05) is 18.8 Å². The van der Waals surface area contributed by atoms with E-state index in [4.69, 9.17) is 0 Å². The van der Waals surface area contributed by atoms with Gasteiger partial charge in [-0.1, -0.05) is 0 Å². The molecule has 1 aliphatic heterocycles. The molecular weight excluding hydrogens is 292 g/mol. The van der Waals surface area contributed by atoms with E-state index in [0.29, 0.717) is 23.2 Å². The molecule has 1 saturated heterocycles. The summed E-state index contributed by atoms with van der Waals surface area (Å²) in [5.74, 6) is 1.23. The second-order valence-electron chi connectivity index (χ2n) is 5.41. The summed E-state index contributed by atoms with van der Waals surface area (Å²) in [6.07, 6.45) is 1.90. The summed E-state index contributed by atoms with van der Waals surface area (Å²) < 4.78 is 1.52. The summed E-state index contributed by atoms with van der Waals surface area (Å²) in [5, 5.41) is 29.0. The van der Waals surface area contributed by atoms with Crippen molar-refractivity contribution in [1.82, 2.24) is 15.1 Å². The summed E-state index contributed by atoms with van der Waals surface area (Å²) >= 11 is 1.97. The number of aryl methyl sites for hydroxylation is 1. The number of aliphatic hydroxyl groups is 1. The van der Waals surface area contributed by atoms with Gasteiger partial charge in [-0.25, -0.2) is 0 Å². The predicted octanol–water partition coefficient (Wildman–Crippen LogP) is 1.25. The molecule has 0 aliphatic carbocycles. The number of nitrogens with zero attached hydrogens (tertiary/aromatic N) is 3. The molecular formula is C13H22N4O3S. The molecule has 1 fully saturated rings. The van der Waals surface area contributed by atoms with Gasteiger partial charge in [0, 0.05) is 18.3 Å². The fourth-order valence-corrected chi connectivity index (χ4v) is 3.85. The first-order chi connectivity index (χ1) is 9.99. The number of hydrogen-bond donors (Lipinski definition) is 2. The third-order valence-corrected chi connectivity index (χ3v) is 5.08. The summed E-state index contributed by atoms with van der Waals surface area (Å²) in [5.41, 5.74) is 0.917. The average Bonchev–Trinajstić information content (AvgIpc) is 2.99. The largest absolute Gasteiger partial charge is 0.390 e. The van der Waals surface area contributed by atoms with Crippen molar-refractivity contribution in [3.8, 4) is 0 Å². The molecule has 8 heteroatoms. The lowest BCUT2D eigenvalue weighted by molar-refractivity contribution is -0.386. The van der Waals surface area contributed by atoms with Crippen LogP contribution in [0.4, 0.5) is 5.69 Å². The summed E-state index contributed by atoms with van der Waals surface area (Å²) in [6.45, 7) is 4.92. The Bertz CT molecular complexity index is 500. The molecule has 2 N–H and O–H groups in total. The van der Waals surface area contributed by atoms with Gasteiger partial charge in [-0.15, -0.1) is 0 Å². The Morgan fingerprint density at radius 1 is 1.62 bits per heavy atom. The Kier molecular flexibility index (Phi) is 5.60. The van der Waals surface area contributed by atoms with Crippen LogP contribution in [0, 0.1) is 24.0 Å². The van der Waals surface area contributed by atoms with Gasteiger partial charge in [0.15, 0.2) is 0 Å². The van der Waals surface area contributed by atoms with E-state index in [2.05, 4.69) is 10.4 Å². The van der Waals surface area contributed by atoms with Gasteiger partial charge in [-0.3, -0.25) is 14.8 Å². The molecule has 0 bridgehead atoms. The van der Waals surface area contributed by atoms with E-state index in [1.807, 2.05) is 11.8 Å². The lowest BCUT2D eigenvalue weighted by atomic mass is 10.2. The zero-order valence-electron chi connectivity index (χ0n) is 12.4. The molecule has 1 aliphatic rings. The van der Waals surface area contributed by atoms with E-state index in [-0.39, 0.29) is 12.2 Å². The van der Waals surface area contributed by atoms with E-state index in [1.54, 1.807) is 13.8 Å². The van der Waals surface area contributed by atoms with Crippen LogP contribution in [0.5, 0.6) is 0 Å². The highest BCUT2D eigenvalue weighted by Crippen LogP contribution is 2.25. The van der Waals surface area contributed by atoms with Crippen LogP contribution in [-0.2, 0) is 6.54 Å². The minimum atomic E-state index is -0.603. The lowest BCUT2D eigenvalue weighted by Gasteiger charge is -2.15. The average molecular weight is 314 g/mol. The molecule has 0 radical (unpaired) electrons. The molecule has 0 saturated carbocycles. The van der Waals surface area contributed by atoms with Gasteiger partial charge in [-0.2, -0.15) is 16.9 Å². The van der Waals surface area contributed by atoms with Crippen LogP contribution in [0.15, 0.2) is 0 Å². The van der Waals surface area contributed by atoms with Crippen molar-refractivity contribution in [3.63, 3.8) is 0 Å².